The van der Waals surface area contributed by atoms with Crippen LogP contribution in [0.3, 0.4) is 0 Å². The van der Waals surface area contributed by atoms with Crippen molar-refractivity contribution in [2.45, 2.75) is 0 Å². The molecule has 0 aliphatic carbocycles. The van der Waals surface area contributed by atoms with Gasteiger partial charge in [-0.2, -0.15) is 11.8 Å². The molecule has 0 aromatic rings. The Kier molecular flexibility index (Phi) is 14.8. The number of hydrogen-bond acceptors (Lipinski definition) is 2. The molecule has 0 radical (unpaired) electrons. The summed E-state index contributed by atoms with van der Waals surface area (Å²) >= 11 is 1.86. The number of halogens is 1. The van der Waals surface area contributed by atoms with Crippen LogP contribution in [-0.4, -0.2) is 25.6 Å². The molecule has 0 heterocycles. The minimum Gasteiger partial charge on any atom is -0.319 e. The van der Waals surface area contributed by atoms with E-state index in [1.165, 1.54) is 5.75 Å². The summed E-state index contributed by atoms with van der Waals surface area (Å²) in [5.74, 6) is 1.22. The molecule has 0 aromatic heterocycles. The summed E-state index contributed by atoms with van der Waals surface area (Å²) in [6.07, 6.45) is 2.11. The smallest absolute Gasteiger partial charge is 0.00552 e. The Hall–Kier alpha value is 0.600. The van der Waals surface area contributed by atoms with Crippen molar-refractivity contribution >= 4 is 24.2 Å². The van der Waals surface area contributed by atoms with Crippen LogP contribution in [0.1, 0.15) is 0 Å². The van der Waals surface area contributed by atoms with Crippen LogP contribution < -0.4 is 5.32 Å². The highest BCUT2D eigenvalue weighted by molar-refractivity contribution is 7.98. The zero-order valence-electron chi connectivity index (χ0n) is 4.73. The van der Waals surface area contributed by atoms with Gasteiger partial charge >= 0.3 is 0 Å². The molecule has 1 N–H and O–H groups in total. The summed E-state index contributed by atoms with van der Waals surface area (Å²) in [5, 5.41) is 3.05. The van der Waals surface area contributed by atoms with E-state index in [1.54, 1.807) is 0 Å². The maximum absolute atomic E-state index is 3.05. The minimum absolute atomic E-state index is 0. The first-order valence-electron chi connectivity index (χ1n) is 2.05. The highest BCUT2D eigenvalue weighted by Gasteiger charge is 1.73. The second-order valence-corrected chi connectivity index (χ2v) is 2.08. The lowest BCUT2D eigenvalue weighted by Gasteiger charge is -1.89. The highest BCUT2D eigenvalue weighted by atomic mass is 35.5. The fraction of sp³-hybridized carbons (Fsp3) is 1.00. The predicted octanol–water partition coefficient (Wildman–Crippen LogP) is 0.991. The van der Waals surface area contributed by atoms with Crippen LogP contribution in [0, 0.1) is 0 Å². The van der Waals surface area contributed by atoms with Crippen LogP contribution in [-0.2, 0) is 0 Å². The number of nitrogens with one attached hydrogen (secondary N) is 1. The maximum atomic E-state index is 3.05. The summed E-state index contributed by atoms with van der Waals surface area (Å²) in [4.78, 5) is 0. The Morgan fingerprint density at radius 2 is 2.14 bits per heavy atom. The van der Waals surface area contributed by atoms with Gasteiger partial charge in [0.1, 0.15) is 0 Å². The molecular weight excluding hydrogens is 130 g/mol. The lowest BCUT2D eigenvalue weighted by atomic mass is 10.8. The molecule has 0 rings (SSSR count). The van der Waals surface area contributed by atoms with E-state index in [4.69, 9.17) is 0 Å². The first-order valence-corrected chi connectivity index (χ1v) is 3.44. The average molecular weight is 142 g/mol. The molecule has 7 heavy (non-hydrogen) atoms. The van der Waals surface area contributed by atoms with Crippen LogP contribution in [0.5, 0.6) is 0 Å². The van der Waals surface area contributed by atoms with Crippen LogP contribution >= 0.6 is 24.2 Å². The van der Waals surface area contributed by atoms with Gasteiger partial charge in [-0.3, -0.25) is 0 Å². The van der Waals surface area contributed by atoms with Gasteiger partial charge in [0.05, 0.1) is 0 Å². The standard InChI is InChI=1S/C4H11NS.ClH/c1-5-3-4-6-2;/h5H,3-4H2,1-2H3;1H. The Morgan fingerprint density at radius 3 is 2.29 bits per heavy atom. The van der Waals surface area contributed by atoms with Crippen LogP contribution in [0.15, 0.2) is 0 Å². The molecule has 0 aromatic carbocycles. The monoisotopic (exact) mass is 141 g/mol. The van der Waals surface area contributed by atoms with Crippen LogP contribution in [0.2, 0.25) is 0 Å². The molecule has 0 bridgehead atoms. The van der Waals surface area contributed by atoms with E-state index in [9.17, 15) is 0 Å². The SMILES string of the molecule is CNCCSC.Cl. The third-order valence-electron chi connectivity index (χ3n) is 0.556. The summed E-state index contributed by atoms with van der Waals surface area (Å²) in [7, 11) is 1.97. The highest BCUT2D eigenvalue weighted by Crippen LogP contribution is 1.85. The molecule has 46 valence electrons. The van der Waals surface area contributed by atoms with Gasteiger partial charge in [0.2, 0.25) is 0 Å². The minimum atomic E-state index is 0. The van der Waals surface area contributed by atoms with Crippen molar-refractivity contribution in [3.8, 4) is 0 Å². The van der Waals surface area contributed by atoms with Gasteiger partial charge in [-0.05, 0) is 13.3 Å². The summed E-state index contributed by atoms with van der Waals surface area (Å²) < 4.78 is 0. The molecule has 0 fully saturated rings. The van der Waals surface area contributed by atoms with Crippen LogP contribution in [0.4, 0.5) is 0 Å². The molecule has 0 saturated heterocycles. The summed E-state index contributed by atoms with van der Waals surface area (Å²) in [6.45, 7) is 1.13. The van der Waals surface area contributed by atoms with Gasteiger partial charge in [-0.1, -0.05) is 0 Å². The lowest BCUT2D eigenvalue weighted by molar-refractivity contribution is 0.873. The van der Waals surface area contributed by atoms with Crippen molar-refractivity contribution in [3.63, 3.8) is 0 Å². The largest absolute Gasteiger partial charge is 0.319 e. The Labute approximate surface area is 55.7 Å². The number of thioether (sulfide) groups is 1. The van der Waals surface area contributed by atoms with Gasteiger partial charge in [0, 0.05) is 12.3 Å². The molecule has 0 atom stereocenters. The summed E-state index contributed by atoms with van der Waals surface area (Å²) in [6, 6.07) is 0. The molecule has 0 unspecified atom stereocenters. The normalized spacial score (nSPS) is 7.71. The Bertz CT molecular complexity index is 23.7. The first-order chi connectivity index (χ1) is 2.91. The Morgan fingerprint density at radius 1 is 1.57 bits per heavy atom. The molecule has 0 spiro atoms. The number of hydrogen-bond donors (Lipinski definition) is 1. The topological polar surface area (TPSA) is 12.0 Å². The first kappa shape index (κ1) is 10.6. The third-order valence-corrected chi connectivity index (χ3v) is 1.17. The van der Waals surface area contributed by atoms with Crippen LogP contribution in [0.25, 0.3) is 0 Å². The Balaban J connectivity index is 0. The third kappa shape index (κ3) is 10.8. The molecule has 0 amide bonds. The van der Waals surface area contributed by atoms with E-state index >= 15 is 0 Å². The van der Waals surface area contributed by atoms with Crippen molar-refractivity contribution in [2.24, 2.45) is 0 Å². The van der Waals surface area contributed by atoms with E-state index in [2.05, 4.69) is 11.6 Å². The summed E-state index contributed by atoms with van der Waals surface area (Å²) in [5.41, 5.74) is 0. The van der Waals surface area contributed by atoms with E-state index < -0.39 is 0 Å². The molecule has 0 aliphatic rings. The maximum Gasteiger partial charge on any atom is 0.00552 e. The average Bonchev–Trinajstić information content (AvgIpc) is 1.61. The van der Waals surface area contributed by atoms with Gasteiger partial charge in [0.15, 0.2) is 0 Å². The zero-order valence-corrected chi connectivity index (χ0v) is 6.36. The predicted molar refractivity (Wildman–Crippen MR) is 39.6 cm³/mol. The molecule has 0 saturated carbocycles. The van der Waals surface area contributed by atoms with Crippen molar-refractivity contribution in [2.75, 3.05) is 25.6 Å². The van der Waals surface area contributed by atoms with E-state index in [0.29, 0.717) is 0 Å². The zero-order chi connectivity index (χ0) is 4.83. The van der Waals surface area contributed by atoms with Gasteiger partial charge in [-0.25, -0.2) is 0 Å². The quantitative estimate of drug-likeness (QED) is 0.589. The molecular formula is C4H12ClNS. The second-order valence-electron chi connectivity index (χ2n) is 1.10. The molecule has 1 nitrogen and oxygen atoms in total. The van der Waals surface area contributed by atoms with Gasteiger partial charge in [0.25, 0.3) is 0 Å². The van der Waals surface area contributed by atoms with Crippen molar-refractivity contribution in [1.29, 1.82) is 0 Å². The lowest BCUT2D eigenvalue weighted by Crippen LogP contribution is -2.09. The van der Waals surface area contributed by atoms with Crippen molar-refractivity contribution in [1.82, 2.24) is 5.32 Å². The second kappa shape index (κ2) is 9.78. The fourth-order valence-electron chi connectivity index (χ4n) is 0.204. The van der Waals surface area contributed by atoms with Gasteiger partial charge < -0.3 is 5.32 Å². The number of rotatable bonds is 3. The van der Waals surface area contributed by atoms with Gasteiger partial charge in [-0.15, -0.1) is 12.4 Å². The van der Waals surface area contributed by atoms with Crippen molar-refractivity contribution < 1.29 is 0 Å². The fourth-order valence-corrected chi connectivity index (χ4v) is 0.612. The van der Waals surface area contributed by atoms with E-state index in [-0.39, 0.29) is 12.4 Å². The van der Waals surface area contributed by atoms with E-state index in [1.807, 2.05) is 18.8 Å². The van der Waals surface area contributed by atoms with E-state index in [0.717, 1.165) is 6.54 Å². The molecule has 0 aliphatic heterocycles. The molecule has 3 heteroatoms. The van der Waals surface area contributed by atoms with Crippen molar-refractivity contribution in [3.05, 3.63) is 0 Å².